The van der Waals surface area contributed by atoms with Crippen LogP contribution in [0, 0.1) is 11.8 Å². The molecule has 15 heavy (non-hydrogen) atoms. The van der Waals surface area contributed by atoms with Gasteiger partial charge in [0.05, 0.1) is 0 Å². The Morgan fingerprint density at radius 1 is 1.47 bits per heavy atom. The summed E-state index contributed by atoms with van der Waals surface area (Å²) in [5.41, 5.74) is 6.04. The van der Waals surface area contributed by atoms with Crippen molar-refractivity contribution in [1.82, 2.24) is 5.32 Å². The number of nitrogens with one attached hydrogen (secondary N) is 1. The molecule has 0 amide bonds. The van der Waals surface area contributed by atoms with E-state index >= 15 is 0 Å². The molecule has 0 radical (unpaired) electrons. The molecule has 0 aromatic heterocycles. The van der Waals surface area contributed by atoms with Gasteiger partial charge in [0, 0.05) is 24.7 Å². The van der Waals surface area contributed by atoms with Gasteiger partial charge in [-0.25, -0.2) is 0 Å². The number of aliphatic hydroxyl groups excluding tert-OH is 1. The lowest BCUT2D eigenvalue weighted by molar-refractivity contribution is 0.167. The van der Waals surface area contributed by atoms with Crippen LogP contribution < -0.4 is 11.1 Å². The van der Waals surface area contributed by atoms with E-state index in [4.69, 9.17) is 10.8 Å². The van der Waals surface area contributed by atoms with Crippen molar-refractivity contribution in [3.63, 3.8) is 0 Å². The number of aliphatic hydroxyl groups is 1. The molecule has 0 heterocycles. The zero-order valence-corrected chi connectivity index (χ0v) is 10.3. The Bertz CT molecular complexity index is 188. The van der Waals surface area contributed by atoms with Gasteiger partial charge in [0.1, 0.15) is 0 Å². The van der Waals surface area contributed by atoms with Gasteiger partial charge >= 0.3 is 0 Å². The second-order valence-corrected chi connectivity index (χ2v) is 5.08. The zero-order valence-electron chi connectivity index (χ0n) is 10.3. The van der Waals surface area contributed by atoms with E-state index in [0.717, 1.165) is 12.3 Å². The largest absolute Gasteiger partial charge is 0.396 e. The van der Waals surface area contributed by atoms with Crippen molar-refractivity contribution in [2.24, 2.45) is 17.6 Å². The van der Waals surface area contributed by atoms with Gasteiger partial charge in [-0.1, -0.05) is 13.8 Å². The number of hydrogen-bond acceptors (Lipinski definition) is 3. The number of nitrogens with two attached hydrogens (primary N) is 1. The number of hydrogen-bond donors (Lipinski definition) is 3. The van der Waals surface area contributed by atoms with Crippen LogP contribution in [0.1, 0.15) is 40.0 Å². The quantitative estimate of drug-likeness (QED) is 0.595. The molecule has 3 unspecified atom stereocenters. The number of rotatable bonds is 7. The third-order valence-electron chi connectivity index (χ3n) is 4.01. The van der Waals surface area contributed by atoms with Gasteiger partial charge in [0.25, 0.3) is 0 Å². The molecule has 90 valence electrons. The van der Waals surface area contributed by atoms with E-state index < -0.39 is 0 Å². The highest BCUT2D eigenvalue weighted by molar-refractivity contribution is 5.02. The Kier molecular flexibility index (Phi) is 4.56. The molecule has 4 N–H and O–H groups in total. The van der Waals surface area contributed by atoms with E-state index in [1.165, 1.54) is 12.8 Å². The summed E-state index contributed by atoms with van der Waals surface area (Å²) < 4.78 is 0. The van der Waals surface area contributed by atoms with Crippen molar-refractivity contribution in [2.45, 2.75) is 51.6 Å². The van der Waals surface area contributed by atoms with Crippen LogP contribution in [-0.2, 0) is 0 Å². The maximum Gasteiger partial charge on any atom is 0.0471 e. The summed E-state index contributed by atoms with van der Waals surface area (Å²) in [6.45, 7) is 7.36. The summed E-state index contributed by atoms with van der Waals surface area (Å²) in [6.07, 6.45) is 3.69. The highest BCUT2D eigenvalue weighted by Gasteiger charge is 2.43. The fourth-order valence-corrected chi connectivity index (χ4v) is 2.27. The predicted molar refractivity (Wildman–Crippen MR) is 63.6 cm³/mol. The van der Waals surface area contributed by atoms with Gasteiger partial charge in [0.15, 0.2) is 0 Å². The lowest BCUT2D eigenvalue weighted by atomic mass is 9.87. The standard InChI is InChI=1S/C12H26N2O/c1-4-12(8-13,11-5-6-11)14-10(3)9(2)7-15/h9-11,14-15H,4-8,13H2,1-3H3. The molecular formula is C12H26N2O. The molecule has 1 fully saturated rings. The second-order valence-electron chi connectivity index (χ2n) is 5.08. The molecular weight excluding hydrogens is 188 g/mol. The molecule has 0 aromatic rings. The Morgan fingerprint density at radius 2 is 2.07 bits per heavy atom. The van der Waals surface area contributed by atoms with Crippen molar-refractivity contribution in [3.05, 3.63) is 0 Å². The van der Waals surface area contributed by atoms with E-state index in [-0.39, 0.29) is 12.1 Å². The zero-order chi connectivity index (χ0) is 11.5. The lowest BCUT2D eigenvalue weighted by Crippen LogP contribution is -2.57. The minimum atomic E-state index is 0.114. The summed E-state index contributed by atoms with van der Waals surface area (Å²) in [7, 11) is 0. The van der Waals surface area contributed by atoms with Crippen molar-refractivity contribution < 1.29 is 5.11 Å². The third-order valence-corrected chi connectivity index (χ3v) is 4.01. The Balaban J connectivity index is 2.57. The molecule has 1 saturated carbocycles. The van der Waals surface area contributed by atoms with Crippen LogP contribution in [0.15, 0.2) is 0 Å². The molecule has 1 aliphatic rings. The molecule has 1 rings (SSSR count). The summed E-state index contributed by atoms with van der Waals surface area (Å²) in [5, 5.41) is 12.8. The second kappa shape index (κ2) is 5.28. The first kappa shape index (κ1) is 12.9. The molecule has 3 atom stereocenters. The molecule has 0 saturated heterocycles. The van der Waals surface area contributed by atoms with Gasteiger partial charge < -0.3 is 16.2 Å². The molecule has 3 heteroatoms. The van der Waals surface area contributed by atoms with E-state index in [1.54, 1.807) is 0 Å². The smallest absolute Gasteiger partial charge is 0.0471 e. The molecule has 0 aliphatic heterocycles. The first-order chi connectivity index (χ1) is 7.09. The van der Waals surface area contributed by atoms with Gasteiger partial charge in [-0.05, 0) is 38.0 Å². The van der Waals surface area contributed by atoms with E-state index in [2.05, 4.69) is 26.1 Å². The van der Waals surface area contributed by atoms with E-state index in [1.807, 2.05) is 0 Å². The Labute approximate surface area is 93.4 Å². The maximum atomic E-state index is 9.13. The first-order valence-corrected chi connectivity index (χ1v) is 6.18. The highest BCUT2D eigenvalue weighted by Crippen LogP contribution is 2.41. The van der Waals surface area contributed by atoms with E-state index in [0.29, 0.717) is 18.5 Å². The van der Waals surface area contributed by atoms with Gasteiger partial charge in [-0.15, -0.1) is 0 Å². The van der Waals surface area contributed by atoms with Crippen LogP contribution in [0.3, 0.4) is 0 Å². The van der Waals surface area contributed by atoms with Crippen LogP contribution >= 0.6 is 0 Å². The Morgan fingerprint density at radius 3 is 2.40 bits per heavy atom. The molecule has 0 aromatic carbocycles. The Hall–Kier alpha value is -0.120. The van der Waals surface area contributed by atoms with Crippen LogP contribution in [-0.4, -0.2) is 29.8 Å². The third kappa shape index (κ3) is 2.92. The molecule has 1 aliphatic carbocycles. The topological polar surface area (TPSA) is 58.3 Å². The van der Waals surface area contributed by atoms with Crippen LogP contribution in [0.2, 0.25) is 0 Å². The summed E-state index contributed by atoms with van der Waals surface area (Å²) in [5.74, 6) is 1.04. The van der Waals surface area contributed by atoms with Gasteiger partial charge in [-0.3, -0.25) is 0 Å². The van der Waals surface area contributed by atoms with Crippen LogP contribution in [0.4, 0.5) is 0 Å². The van der Waals surface area contributed by atoms with Crippen molar-refractivity contribution in [3.8, 4) is 0 Å². The average Bonchev–Trinajstić information content (AvgIpc) is 3.08. The van der Waals surface area contributed by atoms with Crippen molar-refractivity contribution >= 4 is 0 Å². The summed E-state index contributed by atoms with van der Waals surface area (Å²) in [4.78, 5) is 0. The SMILES string of the molecule is CCC(CN)(NC(C)C(C)CO)C1CC1. The van der Waals surface area contributed by atoms with Gasteiger partial charge in [-0.2, -0.15) is 0 Å². The fourth-order valence-electron chi connectivity index (χ4n) is 2.27. The molecule has 0 bridgehead atoms. The van der Waals surface area contributed by atoms with Crippen molar-refractivity contribution in [1.29, 1.82) is 0 Å². The maximum absolute atomic E-state index is 9.13. The average molecular weight is 214 g/mol. The van der Waals surface area contributed by atoms with Gasteiger partial charge in [0.2, 0.25) is 0 Å². The van der Waals surface area contributed by atoms with E-state index in [9.17, 15) is 0 Å². The van der Waals surface area contributed by atoms with Crippen LogP contribution in [0.25, 0.3) is 0 Å². The summed E-state index contributed by atoms with van der Waals surface area (Å²) in [6, 6.07) is 0.332. The normalized spacial score (nSPS) is 24.6. The predicted octanol–water partition coefficient (Wildman–Crippen LogP) is 1.11. The minimum absolute atomic E-state index is 0.114. The fraction of sp³-hybridized carbons (Fsp3) is 1.00. The first-order valence-electron chi connectivity index (χ1n) is 6.18. The lowest BCUT2D eigenvalue weighted by Gasteiger charge is -2.37. The summed E-state index contributed by atoms with van der Waals surface area (Å²) >= 11 is 0. The molecule has 3 nitrogen and oxygen atoms in total. The van der Waals surface area contributed by atoms with Crippen LogP contribution in [0.5, 0.6) is 0 Å². The monoisotopic (exact) mass is 214 g/mol. The van der Waals surface area contributed by atoms with Crippen molar-refractivity contribution in [2.75, 3.05) is 13.2 Å². The minimum Gasteiger partial charge on any atom is -0.396 e. The highest BCUT2D eigenvalue weighted by atomic mass is 16.3. The molecule has 0 spiro atoms.